The Labute approximate surface area is 240 Å². The van der Waals surface area contributed by atoms with Crippen molar-refractivity contribution in [1.29, 1.82) is 0 Å². The number of carbonyl (C=O) groups is 1. The molecule has 0 N–H and O–H groups in total. The molecule has 4 nitrogen and oxygen atoms in total. The molecule has 0 bridgehead atoms. The summed E-state index contributed by atoms with van der Waals surface area (Å²) in [6.07, 6.45) is 4.34. The highest BCUT2D eigenvalue weighted by atomic mass is 16.2. The largest absolute Gasteiger partial charge is 0.316 e. The Morgan fingerprint density at radius 2 is 1.29 bits per heavy atom. The number of para-hydroxylation sites is 1. The Kier molecular flexibility index (Phi) is 6.19. The third-order valence-electron chi connectivity index (χ3n) is 9.03. The Bertz CT molecular complexity index is 1750. The van der Waals surface area contributed by atoms with Gasteiger partial charge in [-0.1, -0.05) is 109 Å². The number of aryl methyl sites for hydroxylation is 1. The molecule has 0 radical (unpaired) electrons. The molecule has 1 unspecified atom stereocenters. The fourth-order valence-electron chi connectivity index (χ4n) is 6.99. The van der Waals surface area contributed by atoms with Crippen LogP contribution in [0.4, 0.5) is 0 Å². The van der Waals surface area contributed by atoms with Crippen molar-refractivity contribution in [2.75, 3.05) is 0 Å². The second-order valence-electron chi connectivity index (χ2n) is 11.2. The molecular weight excluding hydrogens is 502 g/mol. The number of rotatable bonds is 6. The third kappa shape index (κ3) is 3.89. The zero-order valence-electron chi connectivity index (χ0n) is 23.5. The van der Waals surface area contributed by atoms with Crippen LogP contribution in [-0.4, -0.2) is 20.0 Å². The van der Waals surface area contributed by atoms with Gasteiger partial charge in [-0.2, -0.15) is 0 Å². The zero-order valence-corrected chi connectivity index (χ0v) is 23.5. The number of imidazole rings is 1. The summed E-state index contributed by atoms with van der Waals surface area (Å²) in [5, 5.41) is 1.18. The van der Waals surface area contributed by atoms with Crippen LogP contribution in [0.3, 0.4) is 0 Å². The summed E-state index contributed by atoms with van der Waals surface area (Å²) in [6, 6.07) is 40.3. The van der Waals surface area contributed by atoms with Gasteiger partial charge in [0.25, 0.3) is 0 Å². The summed E-state index contributed by atoms with van der Waals surface area (Å²) in [4.78, 5) is 19.0. The van der Waals surface area contributed by atoms with Gasteiger partial charge >= 0.3 is 0 Å². The lowest BCUT2D eigenvalue weighted by Gasteiger charge is -2.38. The molecule has 0 spiro atoms. The number of hydrogen-bond donors (Lipinski definition) is 0. The average molecular weight is 536 g/mol. The number of benzene rings is 4. The first-order valence-corrected chi connectivity index (χ1v) is 14.4. The highest BCUT2D eigenvalue weighted by molar-refractivity contribution is 5.97. The van der Waals surface area contributed by atoms with Crippen molar-refractivity contribution in [2.45, 2.75) is 38.6 Å². The lowest BCUT2D eigenvalue weighted by Crippen LogP contribution is -2.38. The lowest BCUT2D eigenvalue weighted by molar-refractivity contribution is 0.0808. The fraction of sp³-hybridized carbons (Fsp3) is 0.189. The van der Waals surface area contributed by atoms with E-state index in [1.54, 1.807) is 0 Å². The summed E-state index contributed by atoms with van der Waals surface area (Å²) < 4.78 is 4.30. The van der Waals surface area contributed by atoms with Crippen molar-refractivity contribution < 1.29 is 4.79 Å². The van der Waals surface area contributed by atoms with Gasteiger partial charge in [0.05, 0.1) is 17.5 Å². The van der Waals surface area contributed by atoms with E-state index in [-0.39, 0.29) is 11.8 Å². The Morgan fingerprint density at radius 3 is 1.88 bits per heavy atom. The standard InChI is InChI=1S/C37H33N3O/c1-26-32-20-12-13-21-35(32)40-34(26)23-22-28(36(40)41)24-33-27(2)39(25-38-33)37(29-14-6-3-7-15-29,30-16-8-4-9-17-30)31-18-10-5-11-19-31/h3-21,25,28H,22-24H2,1-2H3. The van der Waals surface area contributed by atoms with E-state index in [0.717, 1.165) is 52.1 Å². The summed E-state index contributed by atoms with van der Waals surface area (Å²) >= 11 is 0. The maximum absolute atomic E-state index is 14.0. The maximum atomic E-state index is 14.0. The van der Waals surface area contributed by atoms with Gasteiger partial charge in [-0.3, -0.25) is 9.36 Å². The maximum Gasteiger partial charge on any atom is 0.234 e. The zero-order chi connectivity index (χ0) is 28.0. The second kappa shape index (κ2) is 10.0. The van der Waals surface area contributed by atoms with Gasteiger partial charge in [0.2, 0.25) is 5.91 Å². The highest BCUT2D eigenvalue weighted by Crippen LogP contribution is 2.42. The first kappa shape index (κ1) is 25.3. The van der Waals surface area contributed by atoms with Gasteiger partial charge in [-0.15, -0.1) is 0 Å². The second-order valence-corrected chi connectivity index (χ2v) is 11.2. The van der Waals surface area contributed by atoms with Crippen LogP contribution in [-0.2, 0) is 18.4 Å². The number of fused-ring (bicyclic) bond motifs is 3. The van der Waals surface area contributed by atoms with Crippen molar-refractivity contribution in [3.63, 3.8) is 0 Å². The van der Waals surface area contributed by atoms with Gasteiger partial charge in [0.15, 0.2) is 0 Å². The van der Waals surface area contributed by atoms with Gasteiger partial charge in [-0.25, -0.2) is 4.98 Å². The minimum absolute atomic E-state index is 0.112. The van der Waals surface area contributed by atoms with Gasteiger partial charge < -0.3 is 4.57 Å². The molecule has 1 aliphatic heterocycles. The van der Waals surface area contributed by atoms with E-state index >= 15 is 0 Å². The number of carbonyl (C=O) groups excluding carboxylic acids is 1. The van der Waals surface area contributed by atoms with E-state index < -0.39 is 5.54 Å². The first-order chi connectivity index (χ1) is 20.1. The Morgan fingerprint density at radius 1 is 0.756 bits per heavy atom. The van der Waals surface area contributed by atoms with Crippen molar-refractivity contribution in [3.8, 4) is 0 Å². The van der Waals surface area contributed by atoms with Crippen LogP contribution in [0.1, 0.15) is 50.6 Å². The smallest absolute Gasteiger partial charge is 0.234 e. The molecule has 1 atom stereocenters. The predicted octanol–water partition coefficient (Wildman–Crippen LogP) is 7.74. The number of nitrogens with zero attached hydrogens (tertiary/aromatic N) is 3. The third-order valence-corrected chi connectivity index (χ3v) is 9.03. The van der Waals surface area contributed by atoms with Crippen molar-refractivity contribution >= 4 is 16.8 Å². The topological polar surface area (TPSA) is 39.8 Å². The van der Waals surface area contributed by atoms with E-state index in [1.807, 2.05) is 17.0 Å². The van der Waals surface area contributed by atoms with Crippen LogP contribution < -0.4 is 0 Å². The normalized spacial score (nSPS) is 15.3. The Balaban J connectivity index is 1.35. The molecule has 202 valence electrons. The number of aromatic nitrogens is 3. The minimum Gasteiger partial charge on any atom is -0.316 e. The fourth-order valence-corrected chi connectivity index (χ4v) is 6.99. The molecule has 0 saturated carbocycles. The van der Waals surface area contributed by atoms with Crippen LogP contribution in [0.15, 0.2) is 122 Å². The minimum atomic E-state index is -0.614. The molecule has 1 aliphatic rings. The molecule has 7 rings (SSSR count). The van der Waals surface area contributed by atoms with Crippen LogP contribution >= 0.6 is 0 Å². The molecule has 0 aliphatic carbocycles. The molecule has 0 fully saturated rings. The van der Waals surface area contributed by atoms with Gasteiger partial charge in [0, 0.05) is 29.1 Å². The molecule has 0 amide bonds. The average Bonchev–Trinajstić information content (AvgIpc) is 3.54. The first-order valence-electron chi connectivity index (χ1n) is 14.4. The lowest BCUT2D eigenvalue weighted by atomic mass is 9.76. The quantitative estimate of drug-likeness (QED) is 0.205. The SMILES string of the molecule is Cc1c2n(c3ccccc13)C(=O)C(Cc1ncn(C(c3ccccc3)(c3ccccc3)c3ccccc3)c1C)CC2. The van der Waals surface area contributed by atoms with Crippen LogP contribution in [0.2, 0.25) is 0 Å². The van der Waals surface area contributed by atoms with Gasteiger partial charge in [0.1, 0.15) is 5.54 Å². The van der Waals surface area contributed by atoms with E-state index in [1.165, 1.54) is 10.9 Å². The summed E-state index contributed by atoms with van der Waals surface area (Å²) in [7, 11) is 0. The molecule has 0 saturated heterocycles. The van der Waals surface area contributed by atoms with Crippen LogP contribution in [0.25, 0.3) is 10.9 Å². The molecule has 2 aromatic heterocycles. The molecule has 6 aromatic rings. The molecule has 3 heterocycles. The highest BCUT2D eigenvalue weighted by Gasteiger charge is 2.40. The Hall–Kier alpha value is -4.70. The van der Waals surface area contributed by atoms with E-state index in [0.29, 0.717) is 6.42 Å². The van der Waals surface area contributed by atoms with Crippen LogP contribution in [0.5, 0.6) is 0 Å². The molecular formula is C37H33N3O. The monoisotopic (exact) mass is 535 g/mol. The van der Waals surface area contributed by atoms with E-state index in [4.69, 9.17) is 4.98 Å². The van der Waals surface area contributed by atoms with Crippen LogP contribution in [0, 0.1) is 19.8 Å². The van der Waals surface area contributed by atoms with Gasteiger partial charge in [-0.05, 0) is 55.0 Å². The molecule has 4 aromatic carbocycles. The molecule has 4 heteroatoms. The summed E-state index contributed by atoms with van der Waals surface area (Å²) in [5.74, 6) is 0.0734. The van der Waals surface area contributed by atoms with E-state index in [9.17, 15) is 4.79 Å². The number of hydrogen-bond acceptors (Lipinski definition) is 2. The van der Waals surface area contributed by atoms with Crippen molar-refractivity contribution in [2.24, 2.45) is 5.92 Å². The summed E-state index contributed by atoms with van der Waals surface area (Å²) in [5.41, 5.74) is 8.34. The summed E-state index contributed by atoms with van der Waals surface area (Å²) in [6.45, 7) is 4.30. The predicted molar refractivity (Wildman–Crippen MR) is 164 cm³/mol. The van der Waals surface area contributed by atoms with E-state index in [2.05, 4.69) is 128 Å². The molecule has 41 heavy (non-hydrogen) atoms. The van der Waals surface area contributed by atoms with Crippen molar-refractivity contribution in [1.82, 2.24) is 14.1 Å². The van der Waals surface area contributed by atoms with Crippen molar-refractivity contribution in [3.05, 3.63) is 161 Å².